The largest absolute Gasteiger partial charge is 0.298 e. The zero-order valence-electron chi connectivity index (χ0n) is 17.2. The molecule has 3 unspecified atom stereocenters. The second-order valence-electron chi connectivity index (χ2n) is 10.1. The molecular formula is C23H40N2O. The van der Waals surface area contributed by atoms with E-state index in [1.807, 2.05) is 0 Å². The van der Waals surface area contributed by atoms with E-state index in [1.165, 1.54) is 77.2 Å². The first-order valence-corrected chi connectivity index (χ1v) is 11.6. The zero-order chi connectivity index (χ0) is 18.1. The van der Waals surface area contributed by atoms with Crippen LogP contribution in [0.2, 0.25) is 0 Å². The van der Waals surface area contributed by atoms with Crippen LogP contribution in [-0.4, -0.2) is 47.4 Å². The van der Waals surface area contributed by atoms with E-state index in [4.69, 9.17) is 0 Å². The molecule has 0 aromatic carbocycles. The quantitative estimate of drug-likeness (QED) is 0.726. The Hall–Kier alpha value is -0.410. The van der Waals surface area contributed by atoms with Gasteiger partial charge in [-0.15, -0.1) is 0 Å². The third kappa shape index (κ3) is 4.04. The molecule has 0 spiro atoms. The van der Waals surface area contributed by atoms with Crippen molar-refractivity contribution in [3.05, 3.63) is 0 Å². The van der Waals surface area contributed by atoms with E-state index >= 15 is 0 Å². The third-order valence-electron chi connectivity index (χ3n) is 8.22. The molecule has 4 aliphatic rings. The van der Waals surface area contributed by atoms with Gasteiger partial charge >= 0.3 is 0 Å². The molecule has 4 fully saturated rings. The number of carbonyl (C=O) groups excluding carboxylic acids is 1. The fraction of sp³-hybridized carbons (Fsp3) is 0.957. The maximum absolute atomic E-state index is 13.1. The first kappa shape index (κ1) is 18.9. The monoisotopic (exact) mass is 360 g/mol. The Labute approximate surface area is 160 Å². The maximum Gasteiger partial charge on any atom is 0.149 e. The SMILES string of the molecule is CC1CCC2N(C1)CC(C)N2CC(=O)C1CCC(C2CCCCC2)CC1. The van der Waals surface area contributed by atoms with Crippen molar-refractivity contribution < 1.29 is 4.79 Å². The third-order valence-corrected chi connectivity index (χ3v) is 8.22. The van der Waals surface area contributed by atoms with Crippen LogP contribution in [0.5, 0.6) is 0 Å². The van der Waals surface area contributed by atoms with E-state index in [0.29, 0.717) is 23.9 Å². The van der Waals surface area contributed by atoms with E-state index in [2.05, 4.69) is 23.6 Å². The van der Waals surface area contributed by atoms with Crippen LogP contribution in [0.3, 0.4) is 0 Å². The lowest BCUT2D eigenvalue weighted by Gasteiger charge is -2.38. The van der Waals surface area contributed by atoms with Crippen molar-refractivity contribution >= 4 is 5.78 Å². The summed E-state index contributed by atoms with van der Waals surface area (Å²) in [6.45, 7) is 7.81. The highest BCUT2D eigenvalue weighted by Gasteiger charge is 2.41. The van der Waals surface area contributed by atoms with Crippen molar-refractivity contribution in [2.75, 3.05) is 19.6 Å². The van der Waals surface area contributed by atoms with E-state index in [1.54, 1.807) is 0 Å². The topological polar surface area (TPSA) is 23.6 Å². The molecule has 3 nitrogen and oxygen atoms in total. The summed E-state index contributed by atoms with van der Waals surface area (Å²) in [7, 11) is 0. The molecule has 2 aliphatic heterocycles. The second-order valence-corrected chi connectivity index (χ2v) is 10.1. The minimum absolute atomic E-state index is 0.360. The first-order valence-electron chi connectivity index (χ1n) is 11.6. The summed E-state index contributed by atoms with van der Waals surface area (Å²) in [5, 5.41) is 0. The lowest BCUT2D eigenvalue weighted by Crippen LogP contribution is -2.47. The fourth-order valence-electron chi connectivity index (χ4n) is 6.63. The van der Waals surface area contributed by atoms with E-state index < -0.39 is 0 Å². The molecule has 0 amide bonds. The van der Waals surface area contributed by atoms with Gasteiger partial charge in [0.2, 0.25) is 0 Å². The summed E-state index contributed by atoms with van der Waals surface area (Å²) in [6.07, 6.45) is 15.4. The van der Waals surface area contributed by atoms with Crippen molar-refractivity contribution in [1.82, 2.24) is 9.80 Å². The standard InChI is InChI=1S/C23H40N2O/c1-17-8-13-23-24(14-17)15-18(2)25(23)16-22(26)21-11-9-20(10-12-21)19-6-4-3-5-7-19/h17-21,23H,3-16H2,1-2H3. The van der Waals surface area contributed by atoms with Crippen LogP contribution >= 0.6 is 0 Å². The number of hydrogen-bond donors (Lipinski definition) is 0. The second kappa shape index (κ2) is 8.31. The minimum atomic E-state index is 0.360. The van der Waals surface area contributed by atoms with Gasteiger partial charge < -0.3 is 0 Å². The summed E-state index contributed by atoms with van der Waals surface area (Å²) in [4.78, 5) is 18.2. The van der Waals surface area contributed by atoms with Crippen LogP contribution in [0.25, 0.3) is 0 Å². The highest BCUT2D eigenvalue weighted by atomic mass is 16.1. The number of fused-ring (bicyclic) bond motifs is 1. The molecule has 2 saturated heterocycles. The molecule has 0 aromatic rings. The molecule has 0 bridgehead atoms. The molecular weight excluding hydrogens is 320 g/mol. The number of piperidine rings is 1. The zero-order valence-corrected chi connectivity index (χ0v) is 17.2. The molecule has 0 N–H and O–H groups in total. The average molecular weight is 361 g/mol. The van der Waals surface area contributed by atoms with Crippen molar-refractivity contribution in [3.63, 3.8) is 0 Å². The number of carbonyl (C=O) groups is 1. The van der Waals surface area contributed by atoms with E-state index in [0.717, 1.165) is 30.8 Å². The smallest absolute Gasteiger partial charge is 0.149 e. The predicted octanol–water partition coefficient (Wildman–Crippen LogP) is 4.70. The summed E-state index contributed by atoms with van der Waals surface area (Å²) in [6, 6.07) is 0.549. The Kier molecular flexibility index (Phi) is 6.05. The molecule has 2 saturated carbocycles. The van der Waals surface area contributed by atoms with Crippen LogP contribution in [0.1, 0.15) is 84.5 Å². The van der Waals surface area contributed by atoms with Crippen molar-refractivity contribution in [2.24, 2.45) is 23.7 Å². The van der Waals surface area contributed by atoms with Gasteiger partial charge in [0.1, 0.15) is 5.78 Å². The summed E-state index contributed by atoms with van der Waals surface area (Å²) in [5.41, 5.74) is 0. The highest BCUT2D eigenvalue weighted by molar-refractivity contribution is 5.83. The lowest BCUT2D eigenvalue weighted by molar-refractivity contribution is -0.126. The number of rotatable bonds is 4. The van der Waals surface area contributed by atoms with Gasteiger partial charge in [-0.05, 0) is 63.2 Å². The molecule has 0 aromatic heterocycles. The van der Waals surface area contributed by atoms with Gasteiger partial charge in [-0.2, -0.15) is 0 Å². The molecule has 0 radical (unpaired) electrons. The Morgan fingerprint density at radius 3 is 2.23 bits per heavy atom. The van der Waals surface area contributed by atoms with E-state index in [9.17, 15) is 4.79 Å². The average Bonchev–Trinajstić information content (AvgIpc) is 2.97. The van der Waals surface area contributed by atoms with Crippen LogP contribution in [0, 0.1) is 23.7 Å². The molecule has 26 heavy (non-hydrogen) atoms. The van der Waals surface area contributed by atoms with Gasteiger partial charge in [-0.1, -0.05) is 39.0 Å². The predicted molar refractivity (Wildman–Crippen MR) is 107 cm³/mol. The van der Waals surface area contributed by atoms with Gasteiger partial charge in [0.25, 0.3) is 0 Å². The van der Waals surface area contributed by atoms with E-state index in [-0.39, 0.29) is 0 Å². The van der Waals surface area contributed by atoms with Gasteiger partial charge in [-0.25, -0.2) is 0 Å². The Morgan fingerprint density at radius 1 is 0.808 bits per heavy atom. The summed E-state index contributed by atoms with van der Waals surface area (Å²) >= 11 is 0. The van der Waals surface area contributed by atoms with Gasteiger partial charge in [-0.3, -0.25) is 14.6 Å². The van der Waals surface area contributed by atoms with Crippen LogP contribution in [0.15, 0.2) is 0 Å². The first-order chi connectivity index (χ1) is 12.6. The fourth-order valence-corrected chi connectivity index (χ4v) is 6.63. The highest BCUT2D eigenvalue weighted by Crippen LogP contribution is 2.40. The number of hydrogen-bond acceptors (Lipinski definition) is 3. The van der Waals surface area contributed by atoms with Crippen LogP contribution in [0.4, 0.5) is 0 Å². The molecule has 3 atom stereocenters. The number of ketones is 1. The normalized spacial score (nSPS) is 40.5. The van der Waals surface area contributed by atoms with Gasteiger partial charge in [0, 0.05) is 25.0 Å². The van der Waals surface area contributed by atoms with Crippen LogP contribution in [-0.2, 0) is 4.79 Å². The molecule has 2 heterocycles. The van der Waals surface area contributed by atoms with Gasteiger partial charge in [0.15, 0.2) is 0 Å². The minimum Gasteiger partial charge on any atom is -0.298 e. The van der Waals surface area contributed by atoms with Gasteiger partial charge in [0.05, 0.1) is 12.7 Å². The Bertz CT molecular complexity index is 479. The summed E-state index contributed by atoms with van der Waals surface area (Å²) in [5.74, 6) is 3.65. The maximum atomic E-state index is 13.1. The molecule has 3 heteroatoms. The van der Waals surface area contributed by atoms with Crippen molar-refractivity contribution in [1.29, 1.82) is 0 Å². The number of Topliss-reactive ketones (excluding diaryl/α,β-unsaturated/α-hetero) is 1. The lowest BCUT2D eigenvalue weighted by atomic mass is 9.70. The Morgan fingerprint density at radius 2 is 1.50 bits per heavy atom. The number of nitrogens with zero attached hydrogens (tertiary/aromatic N) is 2. The molecule has 148 valence electrons. The Balaban J connectivity index is 1.27. The molecule has 2 aliphatic carbocycles. The van der Waals surface area contributed by atoms with Crippen LogP contribution < -0.4 is 0 Å². The molecule has 4 rings (SSSR count). The van der Waals surface area contributed by atoms with Crippen molar-refractivity contribution in [2.45, 2.75) is 96.7 Å². The van der Waals surface area contributed by atoms with Crippen molar-refractivity contribution in [3.8, 4) is 0 Å². The summed E-state index contributed by atoms with van der Waals surface area (Å²) < 4.78 is 0.